The van der Waals surface area contributed by atoms with Crippen molar-refractivity contribution in [2.24, 2.45) is 0 Å². The number of hydrogen-bond donors (Lipinski definition) is 0. The number of benzene rings is 1. The molecule has 2 aromatic rings. The van der Waals surface area contributed by atoms with Crippen LogP contribution >= 0.6 is 0 Å². The molecule has 8 heteroatoms. The van der Waals surface area contributed by atoms with E-state index >= 15 is 0 Å². The van der Waals surface area contributed by atoms with E-state index in [1.807, 2.05) is 6.92 Å². The third-order valence-corrected chi connectivity index (χ3v) is 3.63. The molecule has 0 N–H and O–H groups in total. The average Bonchev–Trinajstić information content (AvgIpc) is 2.94. The summed E-state index contributed by atoms with van der Waals surface area (Å²) in [4.78, 5) is 14.6. The molecular formula is C13H15N5O3. The number of anilines is 2. The Morgan fingerprint density at radius 2 is 1.71 bits per heavy atom. The summed E-state index contributed by atoms with van der Waals surface area (Å²) in [5.41, 5.74) is 1.90. The van der Waals surface area contributed by atoms with E-state index in [0.29, 0.717) is 0 Å². The zero-order valence-corrected chi connectivity index (χ0v) is 11.6. The van der Waals surface area contributed by atoms with E-state index < -0.39 is 0 Å². The van der Waals surface area contributed by atoms with E-state index in [-0.39, 0.29) is 10.6 Å². The largest absolute Gasteiger partial charge is 0.368 e. The van der Waals surface area contributed by atoms with Gasteiger partial charge in [0.25, 0.3) is 5.69 Å². The lowest BCUT2D eigenvalue weighted by molar-refractivity contribution is -0.384. The minimum absolute atomic E-state index is 0.113. The lowest BCUT2D eigenvalue weighted by Gasteiger charge is -2.36. The first-order valence-electron chi connectivity index (χ1n) is 6.68. The van der Waals surface area contributed by atoms with Gasteiger partial charge in [0.1, 0.15) is 5.69 Å². The van der Waals surface area contributed by atoms with Crippen LogP contribution in [0.1, 0.15) is 5.69 Å². The Hall–Kier alpha value is -2.64. The van der Waals surface area contributed by atoms with Crippen molar-refractivity contribution in [1.82, 2.24) is 10.3 Å². The molecule has 110 valence electrons. The van der Waals surface area contributed by atoms with Gasteiger partial charge in [0, 0.05) is 44.0 Å². The van der Waals surface area contributed by atoms with Crippen LogP contribution < -0.4 is 9.80 Å². The van der Waals surface area contributed by atoms with Gasteiger partial charge in [-0.3, -0.25) is 10.1 Å². The van der Waals surface area contributed by atoms with Gasteiger partial charge >= 0.3 is 0 Å². The van der Waals surface area contributed by atoms with Gasteiger partial charge in [0.2, 0.25) is 0 Å². The monoisotopic (exact) mass is 289 g/mol. The Morgan fingerprint density at radius 3 is 2.24 bits per heavy atom. The first kappa shape index (κ1) is 13.3. The molecule has 1 fully saturated rings. The minimum Gasteiger partial charge on any atom is -0.368 e. The summed E-state index contributed by atoms with van der Waals surface area (Å²) in [5.74, 6) is 0.790. The third kappa shape index (κ3) is 2.64. The molecule has 0 amide bonds. The molecule has 0 atom stereocenters. The highest BCUT2D eigenvalue weighted by atomic mass is 16.6. The molecule has 8 nitrogen and oxygen atoms in total. The molecule has 1 aliphatic heterocycles. The van der Waals surface area contributed by atoms with Crippen molar-refractivity contribution >= 4 is 17.2 Å². The Bertz CT molecular complexity index is 632. The van der Waals surface area contributed by atoms with Gasteiger partial charge in [-0.05, 0) is 24.2 Å². The van der Waals surface area contributed by atoms with Crippen LogP contribution in [-0.2, 0) is 0 Å². The highest BCUT2D eigenvalue weighted by Gasteiger charge is 2.21. The molecule has 0 aliphatic carbocycles. The van der Waals surface area contributed by atoms with Crippen LogP contribution in [0.15, 0.2) is 28.9 Å². The van der Waals surface area contributed by atoms with Crippen molar-refractivity contribution in [3.8, 4) is 0 Å². The van der Waals surface area contributed by atoms with E-state index in [9.17, 15) is 10.1 Å². The number of nitrogens with zero attached hydrogens (tertiary/aromatic N) is 5. The molecule has 1 saturated heterocycles. The van der Waals surface area contributed by atoms with E-state index in [1.54, 1.807) is 12.1 Å². The lowest BCUT2D eigenvalue weighted by atomic mass is 10.2. The van der Waals surface area contributed by atoms with Crippen LogP contribution in [0.5, 0.6) is 0 Å². The Kier molecular flexibility index (Phi) is 3.43. The van der Waals surface area contributed by atoms with Crippen LogP contribution in [0, 0.1) is 17.0 Å². The summed E-state index contributed by atoms with van der Waals surface area (Å²) in [6.07, 6.45) is 0. The predicted molar refractivity (Wildman–Crippen MR) is 76.6 cm³/mol. The van der Waals surface area contributed by atoms with Crippen LogP contribution in [0.2, 0.25) is 0 Å². The molecule has 0 unspecified atom stereocenters. The summed E-state index contributed by atoms with van der Waals surface area (Å²) >= 11 is 0. The number of aryl methyl sites for hydroxylation is 1. The van der Waals surface area contributed by atoms with Gasteiger partial charge in [-0.2, -0.15) is 0 Å². The highest BCUT2D eigenvalue weighted by molar-refractivity contribution is 5.53. The fourth-order valence-electron chi connectivity index (χ4n) is 2.48. The molecule has 1 aromatic carbocycles. The average molecular weight is 289 g/mol. The second-order valence-electron chi connectivity index (χ2n) is 4.92. The van der Waals surface area contributed by atoms with Crippen molar-refractivity contribution < 1.29 is 9.55 Å². The summed E-state index contributed by atoms with van der Waals surface area (Å²) in [6, 6.07) is 6.65. The van der Waals surface area contributed by atoms with Gasteiger partial charge in [0.15, 0.2) is 5.82 Å². The molecule has 1 aliphatic rings. The van der Waals surface area contributed by atoms with Crippen LogP contribution in [0.4, 0.5) is 17.2 Å². The highest BCUT2D eigenvalue weighted by Crippen LogP contribution is 2.22. The van der Waals surface area contributed by atoms with Gasteiger partial charge in [0.05, 0.1) is 4.92 Å². The third-order valence-electron chi connectivity index (χ3n) is 3.63. The molecule has 2 heterocycles. The Morgan fingerprint density at radius 1 is 1.10 bits per heavy atom. The van der Waals surface area contributed by atoms with Crippen molar-refractivity contribution in [3.63, 3.8) is 0 Å². The fraction of sp³-hybridized carbons (Fsp3) is 0.385. The van der Waals surface area contributed by atoms with Gasteiger partial charge < -0.3 is 9.80 Å². The summed E-state index contributed by atoms with van der Waals surface area (Å²) in [5, 5.41) is 18.4. The number of non-ortho nitro benzene ring substituents is 1. The number of nitro benzene ring substituents is 1. The van der Waals surface area contributed by atoms with Crippen molar-refractivity contribution in [1.29, 1.82) is 0 Å². The summed E-state index contributed by atoms with van der Waals surface area (Å²) in [7, 11) is 0. The maximum Gasteiger partial charge on any atom is 0.269 e. The number of piperazine rings is 1. The Balaban J connectivity index is 1.65. The van der Waals surface area contributed by atoms with Gasteiger partial charge in [-0.1, -0.05) is 5.16 Å². The maximum atomic E-state index is 10.7. The van der Waals surface area contributed by atoms with E-state index in [4.69, 9.17) is 4.63 Å². The zero-order valence-electron chi connectivity index (χ0n) is 11.6. The molecule has 3 rings (SSSR count). The SMILES string of the molecule is Cc1nonc1N1CCN(c2ccc([N+](=O)[O-])cc2)CC1. The summed E-state index contributed by atoms with van der Waals surface area (Å²) < 4.78 is 4.73. The first-order chi connectivity index (χ1) is 10.1. The van der Waals surface area contributed by atoms with E-state index in [1.165, 1.54) is 12.1 Å². The second kappa shape index (κ2) is 5.39. The first-order valence-corrected chi connectivity index (χ1v) is 6.68. The van der Waals surface area contributed by atoms with Gasteiger partial charge in [-0.25, -0.2) is 4.63 Å². The van der Waals surface area contributed by atoms with Crippen LogP contribution in [0.3, 0.4) is 0 Å². The number of nitro groups is 1. The molecule has 0 saturated carbocycles. The normalized spacial score (nSPS) is 15.3. The number of aromatic nitrogens is 2. The van der Waals surface area contributed by atoms with Crippen molar-refractivity contribution in [2.45, 2.75) is 6.92 Å². The van der Waals surface area contributed by atoms with Crippen LogP contribution in [-0.4, -0.2) is 41.4 Å². The molecule has 1 aromatic heterocycles. The van der Waals surface area contributed by atoms with Crippen molar-refractivity contribution in [2.75, 3.05) is 36.0 Å². The standard InChI is InChI=1S/C13H15N5O3/c1-10-13(15-21-14-10)17-8-6-16(7-9-17)11-2-4-12(5-3-11)18(19)20/h2-5H,6-9H2,1H3. The fourth-order valence-corrected chi connectivity index (χ4v) is 2.48. The molecule has 21 heavy (non-hydrogen) atoms. The number of rotatable bonds is 3. The van der Waals surface area contributed by atoms with E-state index in [2.05, 4.69) is 20.1 Å². The van der Waals surface area contributed by atoms with Crippen LogP contribution in [0.25, 0.3) is 0 Å². The topological polar surface area (TPSA) is 88.5 Å². The van der Waals surface area contributed by atoms with Crippen molar-refractivity contribution in [3.05, 3.63) is 40.1 Å². The lowest BCUT2D eigenvalue weighted by Crippen LogP contribution is -2.46. The molecular weight excluding hydrogens is 274 g/mol. The predicted octanol–water partition coefficient (Wildman–Crippen LogP) is 1.61. The molecule has 0 radical (unpaired) electrons. The molecule has 0 spiro atoms. The van der Waals surface area contributed by atoms with Gasteiger partial charge in [-0.15, -0.1) is 0 Å². The maximum absolute atomic E-state index is 10.7. The number of hydrogen-bond acceptors (Lipinski definition) is 7. The Labute approximate surface area is 121 Å². The second-order valence-corrected chi connectivity index (χ2v) is 4.92. The molecule has 0 bridgehead atoms. The zero-order chi connectivity index (χ0) is 14.8. The van der Waals surface area contributed by atoms with E-state index in [0.717, 1.165) is 43.4 Å². The smallest absolute Gasteiger partial charge is 0.269 e. The summed E-state index contributed by atoms with van der Waals surface area (Å²) in [6.45, 7) is 5.14. The minimum atomic E-state index is -0.387. The quantitative estimate of drug-likeness (QED) is 0.626.